The van der Waals surface area contributed by atoms with E-state index in [0.717, 1.165) is 0 Å². The first kappa shape index (κ1) is 17.7. The van der Waals surface area contributed by atoms with Crippen LogP contribution in [-0.2, 0) is 4.79 Å². The van der Waals surface area contributed by atoms with Gasteiger partial charge in [0.15, 0.2) is 0 Å². The van der Waals surface area contributed by atoms with Crippen molar-refractivity contribution in [2.75, 3.05) is 17.7 Å². The van der Waals surface area contributed by atoms with Crippen LogP contribution in [0.5, 0.6) is 5.75 Å². The second-order valence-electron chi connectivity index (χ2n) is 6.30. The summed E-state index contributed by atoms with van der Waals surface area (Å²) in [5.41, 5.74) is 2.16. The quantitative estimate of drug-likeness (QED) is 0.727. The molecule has 0 fully saturated rings. The summed E-state index contributed by atoms with van der Waals surface area (Å²) in [4.78, 5) is 17.4. The zero-order valence-corrected chi connectivity index (χ0v) is 15.3. The molecule has 3 aromatic rings. The van der Waals surface area contributed by atoms with Gasteiger partial charge in [-0.15, -0.1) is 0 Å². The van der Waals surface area contributed by atoms with Crippen LogP contribution in [0.3, 0.4) is 0 Å². The number of carbonyl (C=O) groups excluding carboxylic acids is 1. The number of benzene rings is 2. The molecule has 0 unspecified atom stereocenters. The van der Waals surface area contributed by atoms with E-state index in [1.54, 1.807) is 41.9 Å². The van der Waals surface area contributed by atoms with Gasteiger partial charge in [-0.3, -0.25) is 4.79 Å². The lowest BCUT2D eigenvalue weighted by Crippen LogP contribution is -2.31. The predicted molar refractivity (Wildman–Crippen MR) is 103 cm³/mol. The summed E-state index contributed by atoms with van der Waals surface area (Å²) in [5.74, 6) is 0.298. The van der Waals surface area contributed by atoms with Crippen LogP contribution in [0, 0.1) is 5.82 Å². The Morgan fingerprint density at radius 3 is 2.86 bits per heavy atom. The van der Waals surface area contributed by atoms with Crippen molar-refractivity contribution in [3.8, 4) is 5.75 Å². The molecule has 4 rings (SSSR count). The Bertz CT molecular complexity index is 1080. The molecule has 7 nitrogen and oxygen atoms in total. The van der Waals surface area contributed by atoms with Gasteiger partial charge < -0.3 is 15.4 Å². The maximum absolute atomic E-state index is 13.9. The highest BCUT2D eigenvalue weighted by Gasteiger charge is 2.33. The van der Waals surface area contributed by atoms with Crippen LogP contribution in [0.15, 0.2) is 66.1 Å². The molecular weight excluding hydrogens is 361 g/mol. The summed E-state index contributed by atoms with van der Waals surface area (Å²) in [6.45, 7) is 1.78. The van der Waals surface area contributed by atoms with Crippen molar-refractivity contribution in [2.45, 2.75) is 13.0 Å². The third-order valence-corrected chi connectivity index (χ3v) is 4.56. The third kappa shape index (κ3) is 3.09. The van der Waals surface area contributed by atoms with Crippen molar-refractivity contribution >= 4 is 17.5 Å². The van der Waals surface area contributed by atoms with Crippen molar-refractivity contribution in [3.05, 3.63) is 77.5 Å². The molecule has 8 heteroatoms. The molecular formula is C20H18FN5O2. The number of para-hydroxylation sites is 2. The average molecular weight is 379 g/mol. The van der Waals surface area contributed by atoms with Gasteiger partial charge in [0, 0.05) is 5.70 Å². The van der Waals surface area contributed by atoms with Crippen LogP contribution >= 0.6 is 0 Å². The number of carbonyl (C=O) groups is 1. The van der Waals surface area contributed by atoms with E-state index in [-0.39, 0.29) is 11.7 Å². The highest BCUT2D eigenvalue weighted by Crippen LogP contribution is 2.36. The molecule has 1 amide bonds. The summed E-state index contributed by atoms with van der Waals surface area (Å²) in [5, 5.41) is 10.2. The summed E-state index contributed by atoms with van der Waals surface area (Å²) in [6, 6.07) is 12.6. The topological polar surface area (TPSA) is 81.1 Å². The fourth-order valence-electron chi connectivity index (χ4n) is 3.31. The van der Waals surface area contributed by atoms with Gasteiger partial charge in [0.05, 0.1) is 18.4 Å². The molecule has 0 saturated carbocycles. The smallest absolute Gasteiger partial charge is 0.255 e. The summed E-state index contributed by atoms with van der Waals surface area (Å²) in [6.07, 6.45) is 1.39. The van der Waals surface area contributed by atoms with E-state index in [0.29, 0.717) is 34.2 Å². The molecule has 1 atom stereocenters. The molecule has 0 saturated heterocycles. The molecule has 1 aliphatic heterocycles. The number of fused-ring (bicyclic) bond motifs is 1. The normalized spacial score (nSPS) is 15.6. The molecule has 0 radical (unpaired) electrons. The standard InChI is InChI=1S/C20H18FN5O2/c1-12-17(19(27)25-15-8-3-4-9-16(15)28-2)18(13-6-5-7-14(21)10-13)26-20(24-12)22-11-23-26/h3-11,18H,1-2H3,(H,25,27)(H,22,23,24)/t18-/m0/s1. The Hall–Kier alpha value is -3.68. The van der Waals surface area contributed by atoms with Gasteiger partial charge in [0.2, 0.25) is 5.95 Å². The van der Waals surface area contributed by atoms with Gasteiger partial charge in [0.1, 0.15) is 23.9 Å². The molecule has 0 aliphatic carbocycles. The van der Waals surface area contributed by atoms with E-state index in [4.69, 9.17) is 4.74 Å². The van der Waals surface area contributed by atoms with Gasteiger partial charge in [-0.2, -0.15) is 10.1 Å². The molecule has 2 heterocycles. The number of nitrogens with zero attached hydrogens (tertiary/aromatic N) is 3. The Morgan fingerprint density at radius 1 is 1.25 bits per heavy atom. The van der Waals surface area contributed by atoms with E-state index < -0.39 is 6.04 Å². The number of ether oxygens (including phenoxy) is 1. The van der Waals surface area contributed by atoms with Gasteiger partial charge >= 0.3 is 0 Å². The van der Waals surface area contributed by atoms with Crippen molar-refractivity contribution in [1.29, 1.82) is 0 Å². The molecule has 28 heavy (non-hydrogen) atoms. The zero-order valence-electron chi connectivity index (χ0n) is 15.3. The van der Waals surface area contributed by atoms with E-state index >= 15 is 0 Å². The number of allylic oxidation sites excluding steroid dienone is 1. The monoisotopic (exact) mass is 379 g/mol. The number of amides is 1. The number of hydrogen-bond donors (Lipinski definition) is 2. The SMILES string of the molecule is COc1ccccc1NC(=O)C1=C(C)Nc2ncnn2[C@H]1c1cccc(F)c1. The number of methoxy groups -OCH3 is 1. The van der Waals surface area contributed by atoms with E-state index in [1.165, 1.54) is 25.6 Å². The van der Waals surface area contributed by atoms with E-state index in [9.17, 15) is 9.18 Å². The predicted octanol–water partition coefficient (Wildman–Crippen LogP) is 3.35. The first-order valence-corrected chi connectivity index (χ1v) is 8.65. The highest BCUT2D eigenvalue weighted by atomic mass is 19.1. The molecule has 0 spiro atoms. The molecule has 0 bridgehead atoms. The minimum atomic E-state index is -0.621. The van der Waals surface area contributed by atoms with Crippen LogP contribution in [-0.4, -0.2) is 27.8 Å². The van der Waals surface area contributed by atoms with Crippen LogP contribution in [0.2, 0.25) is 0 Å². The van der Waals surface area contributed by atoms with Gasteiger partial charge in [-0.1, -0.05) is 24.3 Å². The number of halogens is 1. The van der Waals surface area contributed by atoms with E-state index in [2.05, 4.69) is 20.7 Å². The maximum atomic E-state index is 13.9. The number of hydrogen-bond acceptors (Lipinski definition) is 5. The summed E-state index contributed by atoms with van der Waals surface area (Å²) >= 11 is 0. The van der Waals surface area contributed by atoms with Crippen molar-refractivity contribution in [1.82, 2.24) is 14.8 Å². The largest absolute Gasteiger partial charge is 0.495 e. The lowest BCUT2D eigenvalue weighted by Gasteiger charge is -2.28. The maximum Gasteiger partial charge on any atom is 0.255 e. The van der Waals surface area contributed by atoms with Crippen molar-refractivity contribution in [3.63, 3.8) is 0 Å². The fourth-order valence-corrected chi connectivity index (χ4v) is 3.31. The zero-order chi connectivity index (χ0) is 19.7. The van der Waals surface area contributed by atoms with Crippen LogP contribution in [0.25, 0.3) is 0 Å². The van der Waals surface area contributed by atoms with Crippen molar-refractivity contribution < 1.29 is 13.9 Å². The lowest BCUT2D eigenvalue weighted by atomic mass is 9.95. The van der Waals surface area contributed by atoms with Crippen molar-refractivity contribution in [2.24, 2.45) is 0 Å². The van der Waals surface area contributed by atoms with Crippen LogP contribution < -0.4 is 15.4 Å². The second-order valence-corrected chi connectivity index (χ2v) is 6.30. The first-order chi connectivity index (χ1) is 13.6. The minimum Gasteiger partial charge on any atom is -0.495 e. The summed E-state index contributed by atoms with van der Waals surface area (Å²) in [7, 11) is 1.54. The minimum absolute atomic E-state index is 0.343. The average Bonchev–Trinajstić information content (AvgIpc) is 3.15. The first-order valence-electron chi connectivity index (χ1n) is 8.65. The Kier molecular flexibility index (Phi) is 4.52. The Balaban J connectivity index is 1.77. The second kappa shape index (κ2) is 7.15. The molecule has 142 valence electrons. The number of rotatable bonds is 4. The number of anilines is 2. The Morgan fingerprint density at radius 2 is 2.07 bits per heavy atom. The van der Waals surface area contributed by atoms with E-state index in [1.807, 2.05) is 6.07 Å². The highest BCUT2D eigenvalue weighted by molar-refractivity contribution is 6.06. The number of nitrogens with one attached hydrogen (secondary N) is 2. The van der Waals surface area contributed by atoms with Gasteiger partial charge in [-0.25, -0.2) is 9.07 Å². The number of aromatic nitrogens is 3. The van der Waals surface area contributed by atoms with Crippen LogP contribution in [0.1, 0.15) is 18.5 Å². The molecule has 1 aliphatic rings. The van der Waals surface area contributed by atoms with Gasteiger partial charge in [0.25, 0.3) is 5.91 Å². The fraction of sp³-hybridized carbons (Fsp3) is 0.150. The van der Waals surface area contributed by atoms with Gasteiger partial charge in [-0.05, 0) is 36.8 Å². The molecule has 2 aromatic carbocycles. The third-order valence-electron chi connectivity index (χ3n) is 4.56. The molecule has 1 aromatic heterocycles. The van der Waals surface area contributed by atoms with Crippen LogP contribution in [0.4, 0.5) is 16.0 Å². The molecule has 2 N–H and O–H groups in total. The Labute approximate surface area is 160 Å². The lowest BCUT2D eigenvalue weighted by molar-refractivity contribution is -0.113. The summed E-state index contributed by atoms with van der Waals surface area (Å²) < 4.78 is 20.8.